The molecule has 0 rings (SSSR count). The highest BCUT2D eigenvalue weighted by molar-refractivity contribution is 5.96. The number of carbonyl (C=O) groups is 7. The zero-order valence-electron chi connectivity index (χ0n) is 16.6. The van der Waals surface area contributed by atoms with Crippen LogP contribution in [0.1, 0.15) is 25.7 Å². The number of primary amides is 1. The Balaban J connectivity index is 5.51. The molecule has 4 atom stereocenters. The van der Waals surface area contributed by atoms with Crippen LogP contribution in [0.25, 0.3) is 0 Å². The maximum atomic E-state index is 12.4. The number of carbonyl (C=O) groups excluding carboxylic acids is 4. The number of amides is 4. The molecule has 0 radical (unpaired) electrons. The molecule has 0 aliphatic heterocycles. The molecule has 0 saturated carbocycles. The van der Waals surface area contributed by atoms with E-state index in [1.807, 2.05) is 16.0 Å². The van der Waals surface area contributed by atoms with Crippen LogP contribution in [0.2, 0.25) is 0 Å². The highest BCUT2D eigenvalue weighted by atomic mass is 16.4. The van der Waals surface area contributed by atoms with E-state index in [9.17, 15) is 33.6 Å². The molecule has 16 nitrogen and oxygen atoms in total. The minimum Gasteiger partial charge on any atom is -0.481 e. The summed E-state index contributed by atoms with van der Waals surface area (Å²) in [5, 5.41) is 41.7. The van der Waals surface area contributed by atoms with Crippen molar-refractivity contribution in [3.8, 4) is 0 Å². The smallest absolute Gasteiger partial charge is 0.326 e. The summed E-state index contributed by atoms with van der Waals surface area (Å²) in [5.41, 5.74) is 10.2. The number of hydrogen-bond acceptors (Lipinski definition) is 9. The van der Waals surface area contributed by atoms with Crippen molar-refractivity contribution in [1.82, 2.24) is 16.0 Å². The molecule has 16 heteroatoms. The summed E-state index contributed by atoms with van der Waals surface area (Å²) < 4.78 is 0. The van der Waals surface area contributed by atoms with Crippen molar-refractivity contribution in [2.24, 2.45) is 11.5 Å². The molecule has 0 bridgehead atoms. The Labute approximate surface area is 180 Å². The van der Waals surface area contributed by atoms with Crippen molar-refractivity contribution in [1.29, 1.82) is 0 Å². The number of nitrogens with one attached hydrogen (secondary N) is 3. The monoisotopic (exact) mass is 463 g/mol. The van der Waals surface area contributed by atoms with Gasteiger partial charge in [0.15, 0.2) is 0 Å². The van der Waals surface area contributed by atoms with Crippen LogP contribution in [0, 0.1) is 0 Å². The molecule has 4 amide bonds. The SMILES string of the molecule is NC(=O)CCC(NC(=O)C(CC(=O)O)NC(=O)C(CC(=O)O)NC(=O)C(N)CO)C(=O)O. The Morgan fingerprint density at radius 2 is 1.12 bits per heavy atom. The second kappa shape index (κ2) is 13.5. The van der Waals surface area contributed by atoms with E-state index >= 15 is 0 Å². The minimum absolute atomic E-state index is 0.412. The summed E-state index contributed by atoms with van der Waals surface area (Å²) in [6.07, 6.45) is -2.83. The van der Waals surface area contributed by atoms with Crippen molar-refractivity contribution in [3.05, 3.63) is 0 Å². The first kappa shape index (κ1) is 28.2. The summed E-state index contributed by atoms with van der Waals surface area (Å²) in [7, 11) is 0. The first-order valence-corrected chi connectivity index (χ1v) is 9.00. The molecule has 11 N–H and O–H groups in total. The van der Waals surface area contributed by atoms with Crippen LogP contribution in [0.3, 0.4) is 0 Å². The predicted octanol–water partition coefficient (Wildman–Crippen LogP) is -4.94. The maximum absolute atomic E-state index is 12.4. The van der Waals surface area contributed by atoms with E-state index in [0.717, 1.165) is 0 Å². The summed E-state index contributed by atoms with van der Waals surface area (Å²) in [4.78, 5) is 80.7. The van der Waals surface area contributed by atoms with Crippen molar-refractivity contribution in [3.63, 3.8) is 0 Å². The Kier molecular flexibility index (Phi) is 11.9. The third-order valence-corrected chi connectivity index (χ3v) is 3.85. The van der Waals surface area contributed by atoms with Crippen molar-refractivity contribution in [2.75, 3.05) is 6.61 Å². The van der Waals surface area contributed by atoms with Gasteiger partial charge in [-0.1, -0.05) is 0 Å². The standard InChI is InChI=1S/C16H25N5O11/c17-6(5-22)13(28)20-8(3-11(24)25)15(30)21-9(4-12(26)27)14(29)19-7(16(31)32)1-2-10(18)23/h6-9,22H,1-5,17H2,(H2,18,23)(H,19,29)(H,20,28)(H,21,30)(H,24,25)(H,26,27)(H,31,32). The van der Waals surface area contributed by atoms with Gasteiger partial charge in [0.1, 0.15) is 24.2 Å². The topological polar surface area (TPSA) is 289 Å². The quantitative estimate of drug-likeness (QED) is 0.110. The number of aliphatic carboxylic acids is 3. The predicted molar refractivity (Wildman–Crippen MR) is 101 cm³/mol. The van der Waals surface area contributed by atoms with Gasteiger partial charge in [-0.15, -0.1) is 0 Å². The fourth-order valence-corrected chi connectivity index (χ4v) is 2.22. The molecular formula is C16H25N5O11. The van der Waals surface area contributed by atoms with Gasteiger partial charge in [0.05, 0.1) is 19.4 Å². The van der Waals surface area contributed by atoms with Crippen LogP contribution in [-0.4, -0.2) is 92.7 Å². The van der Waals surface area contributed by atoms with E-state index in [1.165, 1.54) is 0 Å². The second-order valence-electron chi connectivity index (χ2n) is 6.51. The van der Waals surface area contributed by atoms with E-state index < -0.39 is 98.0 Å². The molecule has 0 saturated heterocycles. The molecule has 0 aromatic heterocycles. The average molecular weight is 463 g/mol. The molecule has 0 heterocycles. The summed E-state index contributed by atoms with van der Waals surface area (Å²) in [6.45, 7) is -0.820. The number of hydrogen-bond donors (Lipinski definition) is 9. The molecule has 180 valence electrons. The molecule has 0 aromatic rings. The van der Waals surface area contributed by atoms with Gasteiger partial charge in [-0.25, -0.2) is 4.79 Å². The fraction of sp³-hybridized carbons (Fsp3) is 0.562. The third-order valence-electron chi connectivity index (χ3n) is 3.85. The van der Waals surface area contributed by atoms with Gasteiger partial charge in [0, 0.05) is 6.42 Å². The number of carboxylic acids is 3. The van der Waals surface area contributed by atoms with Crippen LogP contribution in [0.4, 0.5) is 0 Å². The Morgan fingerprint density at radius 1 is 0.719 bits per heavy atom. The van der Waals surface area contributed by atoms with E-state index in [-0.39, 0.29) is 0 Å². The van der Waals surface area contributed by atoms with Gasteiger partial charge < -0.3 is 47.8 Å². The van der Waals surface area contributed by atoms with Crippen molar-refractivity contribution < 1.29 is 54.0 Å². The molecule has 0 aliphatic carbocycles. The zero-order valence-corrected chi connectivity index (χ0v) is 16.6. The molecule has 0 fully saturated rings. The maximum Gasteiger partial charge on any atom is 0.326 e. The summed E-state index contributed by atoms with van der Waals surface area (Å²) in [6, 6.07) is -6.79. The Morgan fingerprint density at radius 3 is 1.47 bits per heavy atom. The van der Waals surface area contributed by atoms with Crippen molar-refractivity contribution >= 4 is 41.5 Å². The van der Waals surface area contributed by atoms with Gasteiger partial charge in [-0.05, 0) is 6.42 Å². The molecule has 0 aliphatic rings. The van der Waals surface area contributed by atoms with Gasteiger partial charge in [0.25, 0.3) is 0 Å². The average Bonchev–Trinajstić information content (AvgIpc) is 2.67. The highest BCUT2D eigenvalue weighted by Crippen LogP contribution is 2.03. The van der Waals surface area contributed by atoms with Gasteiger partial charge in [0.2, 0.25) is 23.6 Å². The third kappa shape index (κ3) is 10.8. The van der Waals surface area contributed by atoms with E-state index in [2.05, 4.69) is 0 Å². The van der Waals surface area contributed by atoms with E-state index in [1.54, 1.807) is 0 Å². The number of aliphatic hydroxyl groups excluding tert-OH is 1. The fourth-order valence-electron chi connectivity index (χ4n) is 2.22. The lowest BCUT2D eigenvalue weighted by Crippen LogP contribution is -2.58. The number of rotatable bonds is 15. The first-order valence-electron chi connectivity index (χ1n) is 9.00. The zero-order chi connectivity index (χ0) is 25.0. The van der Waals surface area contributed by atoms with Gasteiger partial charge >= 0.3 is 17.9 Å². The summed E-state index contributed by atoms with van der Waals surface area (Å²) in [5.74, 6) is -9.16. The summed E-state index contributed by atoms with van der Waals surface area (Å²) >= 11 is 0. The van der Waals surface area contributed by atoms with Crippen LogP contribution in [0.5, 0.6) is 0 Å². The Bertz CT molecular complexity index is 757. The molecule has 4 unspecified atom stereocenters. The van der Waals surface area contributed by atoms with Crippen LogP contribution >= 0.6 is 0 Å². The lowest BCUT2D eigenvalue weighted by atomic mass is 10.1. The molecule has 32 heavy (non-hydrogen) atoms. The van der Waals surface area contributed by atoms with E-state index in [4.69, 9.17) is 31.9 Å². The molecule has 0 spiro atoms. The van der Waals surface area contributed by atoms with Gasteiger partial charge in [-0.2, -0.15) is 0 Å². The minimum atomic E-state index is -1.87. The number of carboxylic acid groups (broad SMARTS) is 3. The Hall–Kier alpha value is -3.79. The molecular weight excluding hydrogens is 438 g/mol. The normalized spacial score (nSPS) is 14.2. The number of aliphatic hydroxyl groups is 1. The van der Waals surface area contributed by atoms with E-state index in [0.29, 0.717) is 0 Å². The van der Waals surface area contributed by atoms with Crippen LogP contribution < -0.4 is 27.4 Å². The van der Waals surface area contributed by atoms with Crippen molar-refractivity contribution in [2.45, 2.75) is 49.9 Å². The second-order valence-corrected chi connectivity index (χ2v) is 6.51. The molecule has 0 aromatic carbocycles. The lowest BCUT2D eigenvalue weighted by molar-refractivity contribution is -0.145. The van der Waals surface area contributed by atoms with Gasteiger partial charge in [-0.3, -0.25) is 28.8 Å². The first-order chi connectivity index (χ1) is 14.8. The highest BCUT2D eigenvalue weighted by Gasteiger charge is 2.32. The number of nitrogens with two attached hydrogens (primary N) is 2. The largest absolute Gasteiger partial charge is 0.481 e. The van der Waals surface area contributed by atoms with Crippen LogP contribution in [-0.2, 0) is 33.6 Å². The van der Waals surface area contributed by atoms with Crippen LogP contribution in [0.15, 0.2) is 0 Å². The lowest BCUT2D eigenvalue weighted by Gasteiger charge is -2.23.